The number of unbranched alkanes of at least 4 members (excludes halogenated alkanes) is 2. The summed E-state index contributed by atoms with van der Waals surface area (Å²) in [5.41, 5.74) is 1.52. The average Bonchev–Trinajstić information content (AvgIpc) is 3.03. The number of carbonyl (C=O) groups is 1. The van der Waals surface area contributed by atoms with Gasteiger partial charge < -0.3 is 4.74 Å². The predicted octanol–water partition coefficient (Wildman–Crippen LogP) is 2.47. The SMILES string of the molecule is N#CCCCC#CC1=CC2CC3(OC(=O)C=C13)C1CCCCN21. The fraction of sp³-hybridized carbons (Fsp3) is 0.579. The molecule has 3 aliphatic heterocycles. The molecule has 3 unspecified atom stereocenters. The summed E-state index contributed by atoms with van der Waals surface area (Å²) in [5, 5.41) is 8.58. The lowest BCUT2D eigenvalue weighted by Crippen LogP contribution is -2.48. The molecule has 4 rings (SSSR count). The van der Waals surface area contributed by atoms with Gasteiger partial charge in [-0.3, -0.25) is 4.90 Å². The van der Waals surface area contributed by atoms with E-state index in [0.29, 0.717) is 18.5 Å². The molecule has 4 heteroatoms. The van der Waals surface area contributed by atoms with Gasteiger partial charge in [0.25, 0.3) is 0 Å². The zero-order valence-corrected chi connectivity index (χ0v) is 13.2. The Morgan fingerprint density at radius 3 is 3.17 bits per heavy atom. The maximum atomic E-state index is 12.0. The summed E-state index contributed by atoms with van der Waals surface area (Å²) in [6.45, 7) is 1.08. The second-order valence-electron chi connectivity index (χ2n) is 6.78. The third kappa shape index (κ3) is 2.21. The molecule has 1 spiro atoms. The average molecular weight is 308 g/mol. The molecule has 3 atom stereocenters. The molecule has 2 bridgehead atoms. The molecule has 118 valence electrons. The van der Waals surface area contributed by atoms with E-state index < -0.39 is 5.60 Å². The Hall–Kier alpha value is -2.04. The first kappa shape index (κ1) is 14.5. The first-order valence-corrected chi connectivity index (χ1v) is 8.53. The van der Waals surface area contributed by atoms with Gasteiger partial charge in [-0.25, -0.2) is 4.79 Å². The van der Waals surface area contributed by atoms with Crippen LogP contribution >= 0.6 is 0 Å². The molecule has 4 aliphatic rings. The van der Waals surface area contributed by atoms with Crippen LogP contribution in [0, 0.1) is 23.2 Å². The number of rotatable bonds is 2. The lowest BCUT2D eigenvalue weighted by molar-refractivity contribution is -0.148. The van der Waals surface area contributed by atoms with Gasteiger partial charge in [-0.15, -0.1) is 0 Å². The topological polar surface area (TPSA) is 53.3 Å². The molecule has 0 aromatic carbocycles. The minimum Gasteiger partial charge on any atom is -0.449 e. The van der Waals surface area contributed by atoms with Gasteiger partial charge in [-0.2, -0.15) is 5.26 Å². The predicted molar refractivity (Wildman–Crippen MR) is 85.0 cm³/mol. The molecule has 0 aromatic rings. The van der Waals surface area contributed by atoms with Gasteiger partial charge in [0, 0.05) is 42.5 Å². The molecule has 1 aliphatic carbocycles. The first-order valence-electron chi connectivity index (χ1n) is 8.53. The van der Waals surface area contributed by atoms with Crippen molar-refractivity contribution in [3.8, 4) is 17.9 Å². The van der Waals surface area contributed by atoms with Crippen LogP contribution in [0.3, 0.4) is 0 Å². The minimum atomic E-state index is -0.451. The van der Waals surface area contributed by atoms with Crippen molar-refractivity contribution in [1.29, 1.82) is 5.26 Å². The molecular formula is C19H20N2O2. The number of fused-ring (bicyclic) bond motifs is 3. The molecule has 23 heavy (non-hydrogen) atoms. The van der Waals surface area contributed by atoms with Crippen LogP contribution in [-0.4, -0.2) is 35.1 Å². The quantitative estimate of drug-likeness (QED) is 0.447. The molecule has 0 aromatic heterocycles. The van der Waals surface area contributed by atoms with E-state index in [-0.39, 0.29) is 5.97 Å². The molecule has 4 nitrogen and oxygen atoms in total. The van der Waals surface area contributed by atoms with Gasteiger partial charge in [0.05, 0.1) is 12.1 Å². The van der Waals surface area contributed by atoms with E-state index in [2.05, 4.69) is 28.9 Å². The third-order valence-corrected chi connectivity index (χ3v) is 5.48. The highest BCUT2D eigenvalue weighted by Crippen LogP contribution is 2.53. The summed E-state index contributed by atoms with van der Waals surface area (Å²) in [4.78, 5) is 14.5. The van der Waals surface area contributed by atoms with E-state index in [4.69, 9.17) is 10.00 Å². The zero-order chi connectivity index (χ0) is 15.9. The van der Waals surface area contributed by atoms with Crippen molar-refractivity contribution in [2.24, 2.45) is 0 Å². The normalized spacial score (nSPS) is 34.3. The van der Waals surface area contributed by atoms with Gasteiger partial charge in [0.1, 0.15) is 0 Å². The van der Waals surface area contributed by atoms with Gasteiger partial charge in [-0.05, 0) is 25.8 Å². The van der Waals surface area contributed by atoms with Crippen molar-refractivity contribution in [2.75, 3.05) is 6.54 Å². The lowest BCUT2D eigenvalue weighted by atomic mass is 9.77. The number of esters is 1. The first-order chi connectivity index (χ1) is 11.2. The largest absolute Gasteiger partial charge is 0.449 e. The van der Waals surface area contributed by atoms with Crippen LogP contribution in [0.15, 0.2) is 23.3 Å². The molecule has 0 radical (unpaired) electrons. The van der Waals surface area contributed by atoms with Crippen molar-refractivity contribution in [2.45, 2.75) is 62.6 Å². The Balaban J connectivity index is 1.65. The zero-order valence-electron chi connectivity index (χ0n) is 13.2. The summed E-state index contributed by atoms with van der Waals surface area (Å²) in [6.07, 6.45) is 10.4. The second-order valence-corrected chi connectivity index (χ2v) is 6.78. The number of hydrogen-bond acceptors (Lipinski definition) is 4. The van der Waals surface area contributed by atoms with Crippen LogP contribution in [0.25, 0.3) is 0 Å². The van der Waals surface area contributed by atoms with Gasteiger partial charge >= 0.3 is 5.97 Å². The highest BCUT2D eigenvalue weighted by atomic mass is 16.6. The smallest absolute Gasteiger partial charge is 0.332 e. The minimum absolute atomic E-state index is 0.217. The second kappa shape index (κ2) is 5.55. The molecule has 0 N–H and O–H groups in total. The highest BCUT2D eigenvalue weighted by Gasteiger charge is 2.61. The summed E-state index contributed by atoms with van der Waals surface area (Å²) >= 11 is 0. The summed E-state index contributed by atoms with van der Waals surface area (Å²) < 4.78 is 5.86. The summed E-state index contributed by atoms with van der Waals surface area (Å²) in [6, 6.07) is 2.79. The number of carbonyl (C=O) groups excluding carboxylic acids is 1. The number of nitriles is 1. The third-order valence-electron chi connectivity index (χ3n) is 5.48. The Bertz CT molecular complexity index is 703. The summed E-state index contributed by atoms with van der Waals surface area (Å²) in [7, 11) is 0. The fourth-order valence-corrected chi connectivity index (χ4v) is 4.58. The van der Waals surface area contributed by atoms with Crippen LogP contribution < -0.4 is 0 Å². The van der Waals surface area contributed by atoms with Crippen molar-refractivity contribution in [3.05, 3.63) is 23.3 Å². The van der Waals surface area contributed by atoms with Crippen molar-refractivity contribution in [3.63, 3.8) is 0 Å². The Labute approximate surface area is 136 Å². The van der Waals surface area contributed by atoms with Crippen LogP contribution in [0.4, 0.5) is 0 Å². The van der Waals surface area contributed by atoms with Gasteiger partial charge in [0.2, 0.25) is 0 Å². The van der Waals surface area contributed by atoms with Gasteiger partial charge in [-0.1, -0.05) is 24.3 Å². The van der Waals surface area contributed by atoms with Crippen molar-refractivity contribution >= 4 is 5.97 Å². The van der Waals surface area contributed by atoms with Crippen LogP contribution in [0.2, 0.25) is 0 Å². The Morgan fingerprint density at radius 2 is 2.30 bits per heavy atom. The number of ether oxygens (including phenoxy) is 1. The standard InChI is InChI=1S/C19H20N2O2/c20-9-5-2-1-3-7-14-11-15-13-19(16(14)12-18(22)23-19)17-8-4-6-10-21(15)17/h11-12,15,17H,1-2,4-6,8,10,13H2. The molecule has 2 saturated heterocycles. The van der Waals surface area contributed by atoms with Crippen LogP contribution in [-0.2, 0) is 9.53 Å². The fourth-order valence-electron chi connectivity index (χ4n) is 4.58. The van der Waals surface area contributed by atoms with Crippen molar-refractivity contribution < 1.29 is 9.53 Å². The van der Waals surface area contributed by atoms with E-state index in [1.165, 1.54) is 12.8 Å². The van der Waals surface area contributed by atoms with Gasteiger partial charge in [0.15, 0.2) is 5.60 Å². The molecule has 2 fully saturated rings. The Morgan fingerprint density at radius 1 is 1.39 bits per heavy atom. The van der Waals surface area contributed by atoms with E-state index in [9.17, 15) is 4.79 Å². The van der Waals surface area contributed by atoms with E-state index >= 15 is 0 Å². The maximum absolute atomic E-state index is 12.0. The molecule has 0 saturated carbocycles. The number of hydrogen-bond donors (Lipinski definition) is 0. The monoisotopic (exact) mass is 308 g/mol. The van der Waals surface area contributed by atoms with E-state index in [1.54, 1.807) is 6.08 Å². The highest BCUT2D eigenvalue weighted by molar-refractivity contribution is 5.90. The lowest BCUT2D eigenvalue weighted by Gasteiger charge is -2.38. The van der Waals surface area contributed by atoms with E-state index in [1.807, 2.05) is 0 Å². The molecule has 3 heterocycles. The van der Waals surface area contributed by atoms with E-state index in [0.717, 1.165) is 43.4 Å². The van der Waals surface area contributed by atoms with Crippen LogP contribution in [0.5, 0.6) is 0 Å². The molecule has 0 amide bonds. The van der Waals surface area contributed by atoms with Crippen molar-refractivity contribution in [1.82, 2.24) is 4.90 Å². The van der Waals surface area contributed by atoms with Crippen LogP contribution in [0.1, 0.15) is 44.9 Å². The number of piperidine rings is 1. The summed E-state index contributed by atoms with van der Waals surface area (Å²) in [5.74, 6) is 6.20. The molecular weight excluding hydrogens is 288 g/mol. The Kier molecular flexibility index (Phi) is 3.51. The number of nitrogens with zero attached hydrogens (tertiary/aromatic N) is 2. The maximum Gasteiger partial charge on any atom is 0.332 e.